The number of nitrogens with zero attached hydrogens (tertiary/aromatic N) is 2. The quantitative estimate of drug-likeness (QED) is 0.334. The molecule has 0 aliphatic heterocycles. The standard InChI is InChI=1S/C12H18N4O2S/c1-7-3-12(4-7,10(13)16-18)11(17)14-5-9-6-19-8(2)15-9/h6-7,18H,3-5H2,1-2H3,(H2,13,16)(H,14,17). The normalized spacial score (nSPS) is 26.8. The first-order chi connectivity index (χ1) is 8.98. The maximum atomic E-state index is 12.3. The number of hydrogen-bond acceptors (Lipinski definition) is 5. The highest BCUT2D eigenvalue weighted by Gasteiger charge is 2.52. The molecule has 1 saturated carbocycles. The van der Waals surface area contributed by atoms with Gasteiger partial charge in [-0.25, -0.2) is 4.98 Å². The smallest absolute Gasteiger partial charge is 0.234 e. The molecule has 4 N–H and O–H groups in total. The van der Waals surface area contributed by atoms with E-state index in [9.17, 15) is 4.79 Å². The fourth-order valence-electron chi connectivity index (χ4n) is 2.57. The van der Waals surface area contributed by atoms with Crippen LogP contribution in [0.2, 0.25) is 0 Å². The molecule has 0 bridgehead atoms. The molecule has 1 aliphatic carbocycles. The van der Waals surface area contributed by atoms with E-state index in [1.807, 2.05) is 19.2 Å². The molecule has 0 saturated heterocycles. The predicted octanol–water partition coefficient (Wildman–Crippen LogP) is 1.23. The van der Waals surface area contributed by atoms with Crippen LogP contribution in [0.3, 0.4) is 0 Å². The van der Waals surface area contributed by atoms with E-state index in [0.717, 1.165) is 10.7 Å². The molecule has 1 heterocycles. The van der Waals surface area contributed by atoms with Gasteiger partial charge in [-0.2, -0.15) is 0 Å². The minimum atomic E-state index is -0.848. The van der Waals surface area contributed by atoms with Crippen LogP contribution in [-0.2, 0) is 11.3 Å². The number of nitrogens with two attached hydrogens (primary N) is 1. The highest BCUT2D eigenvalue weighted by Crippen LogP contribution is 2.45. The van der Waals surface area contributed by atoms with Crippen LogP contribution in [0.4, 0.5) is 0 Å². The van der Waals surface area contributed by atoms with Crippen molar-refractivity contribution in [3.05, 3.63) is 16.1 Å². The van der Waals surface area contributed by atoms with Crippen LogP contribution in [0, 0.1) is 18.3 Å². The second-order valence-electron chi connectivity index (χ2n) is 5.12. The molecular weight excluding hydrogens is 264 g/mol. The Balaban J connectivity index is 2.01. The Kier molecular flexibility index (Phi) is 3.75. The molecule has 104 valence electrons. The monoisotopic (exact) mass is 282 g/mol. The second-order valence-corrected chi connectivity index (χ2v) is 6.18. The van der Waals surface area contributed by atoms with E-state index in [1.165, 1.54) is 0 Å². The van der Waals surface area contributed by atoms with Crippen molar-refractivity contribution in [1.82, 2.24) is 10.3 Å². The Morgan fingerprint density at radius 2 is 2.42 bits per heavy atom. The summed E-state index contributed by atoms with van der Waals surface area (Å²) in [7, 11) is 0. The molecule has 1 aromatic rings. The summed E-state index contributed by atoms with van der Waals surface area (Å²) in [5.41, 5.74) is 5.66. The van der Waals surface area contributed by atoms with E-state index in [2.05, 4.69) is 15.5 Å². The number of carbonyl (C=O) groups excluding carboxylic acids is 1. The molecule has 1 fully saturated rings. The summed E-state index contributed by atoms with van der Waals surface area (Å²) in [6.07, 6.45) is 1.23. The summed E-state index contributed by atoms with van der Waals surface area (Å²) in [5, 5.41) is 17.6. The molecule has 0 aromatic carbocycles. The third kappa shape index (κ3) is 2.56. The first kappa shape index (κ1) is 13.8. The summed E-state index contributed by atoms with van der Waals surface area (Å²) in [4.78, 5) is 16.5. The van der Waals surface area contributed by atoms with Gasteiger partial charge in [-0.1, -0.05) is 12.1 Å². The van der Waals surface area contributed by atoms with Crippen LogP contribution < -0.4 is 11.1 Å². The highest BCUT2D eigenvalue weighted by atomic mass is 32.1. The molecule has 0 unspecified atom stereocenters. The van der Waals surface area contributed by atoms with Crippen molar-refractivity contribution >= 4 is 23.1 Å². The van der Waals surface area contributed by atoms with Gasteiger partial charge >= 0.3 is 0 Å². The largest absolute Gasteiger partial charge is 0.409 e. The summed E-state index contributed by atoms with van der Waals surface area (Å²) < 4.78 is 0. The highest BCUT2D eigenvalue weighted by molar-refractivity contribution is 7.09. The summed E-state index contributed by atoms with van der Waals surface area (Å²) in [6.45, 7) is 4.33. The summed E-state index contributed by atoms with van der Waals surface area (Å²) in [5.74, 6) is 0.219. The van der Waals surface area contributed by atoms with Crippen LogP contribution in [0.25, 0.3) is 0 Å². The third-order valence-corrected chi connectivity index (χ3v) is 4.35. The number of amidine groups is 1. The van der Waals surface area contributed by atoms with Gasteiger partial charge in [0, 0.05) is 5.38 Å². The molecule has 6 nitrogen and oxygen atoms in total. The Hall–Kier alpha value is -1.63. The Morgan fingerprint density at radius 3 is 2.89 bits per heavy atom. The maximum Gasteiger partial charge on any atom is 0.234 e. The van der Waals surface area contributed by atoms with Crippen molar-refractivity contribution in [2.24, 2.45) is 22.2 Å². The summed E-state index contributed by atoms with van der Waals surface area (Å²) in [6, 6.07) is 0. The number of oxime groups is 1. The second kappa shape index (κ2) is 5.16. The molecule has 1 amide bonds. The van der Waals surface area contributed by atoms with Gasteiger partial charge in [-0.15, -0.1) is 11.3 Å². The van der Waals surface area contributed by atoms with E-state index >= 15 is 0 Å². The lowest BCUT2D eigenvalue weighted by atomic mass is 9.61. The number of thiazole rings is 1. The fraction of sp³-hybridized carbons (Fsp3) is 0.583. The molecular formula is C12H18N4O2S. The predicted molar refractivity (Wildman–Crippen MR) is 72.9 cm³/mol. The SMILES string of the molecule is Cc1nc(CNC(=O)C2(C(N)=NO)CC(C)C2)cs1. The summed E-state index contributed by atoms with van der Waals surface area (Å²) >= 11 is 1.54. The van der Waals surface area contributed by atoms with Crippen LogP contribution in [0.15, 0.2) is 10.5 Å². The minimum absolute atomic E-state index is 0.00226. The van der Waals surface area contributed by atoms with Crippen molar-refractivity contribution in [1.29, 1.82) is 0 Å². The molecule has 19 heavy (non-hydrogen) atoms. The van der Waals surface area contributed by atoms with Crippen LogP contribution in [0.1, 0.15) is 30.5 Å². The van der Waals surface area contributed by atoms with Gasteiger partial charge in [0.15, 0.2) is 5.84 Å². The van der Waals surface area contributed by atoms with Gasteiger partial charge in [0.25, 0.3) is 0 Å². The average Bonchev–Trinajstić information content (AvgIpc) is 2.76. The van der Waals surface area contributed by atoms with Crippen molar-refractivity contribution in [3.8, 4) is 0 Å². The van der Waals surface area contributed by atoms with Gasteiger partial charge < -0.3 is 16.3 Å². The van der Waals surface area contributed by atoms with E-state index in [1.54, 1.807) is 11.3 Å². The van der Waals surface area contributed by atoms with Gasteiger partial charge in [0.05, 0.1) is 17.2 Å². The maximum absolute atomic E-state index is 12.3. The van der Waals surface area contributed by atoms with Crippen LogP contribution >= 0.6 is 11.3 Å². The molecule has 1 aliphatic rings. The topological polar surface area (TPSA) is 101 Å². The molecule has 2 rings (SSSR count). The first-order valence-corrected chi connectivity index (χ1v) is 7.03. The van der Waals surface area contributed by atoms with Gasteiger partial charge in [-0.05, 0) is 25.7 Å². The molecule has 0 radical (unpaired) electrons. The molecule has 0 spiro atoms. The number of hydrogen-bond donors (Lipinski definition) is 3. The third-order valence-electron chi connectivity index (χ3n) is 3.52. The number of rotatable bonds is 4. The number of aromatic nitrogens is 1. The van der Waals surface area contributed by atoms with Crippen molar-refractivity contribution in [2.75, 3.05) is 0 Å². The number of carbonyl (C=O) groups is 1. The zero-order valence-corrected chi connectivity index (χ0v) is 11.8. The zero-order chi connectivity index (χ0) is 14.0. The number of aryl methyl sites for hydroxylation is 1. The van der Waals surface area contributed by atoms with Crippen molar-refractivity contribution in [3.63, 3.8) is 0 Å². The van der Waals surface area contributed by atoms with Crippen molar-refractivity contribution in [2.45, 2.75) is 33.2 Å². The average molecular weight is 282 g/mol. The lowest BCUT2D eigenvalue weighted by molar-refractivity contribution is -0.133. The van der Waals surface area contributed by atoms with Gasteiger partial charge in [0.1, 0.15) is 5.41 Å². The number of nitrogens with one attached hydrogen (secondary N) is 1. The lowest BCUT2D eigenvalue weighted by Crippen LogP contribution is -2.56. The van der Waals surface area contributed by atoms with Crippen LogP contribution in [-0.4, -0.2) is 21.9 Å². The van der Waals surface area contributed by atoms with Crippen molar-refractivity contribution < 1.29 is 10.0 Å². The number of amides is 1. The van der Waals surface area contributed by atoms with E-state index in [4.69, 9.17) is 10.9 Å². The van der Waals surface area contributed by atoms with Gasteiger partial charge in [0.2, 0.25) is 5.91 Å². The zero-order valence-electron chi connectivity index (χ0n) is 11.0. The lowest BCUT2D eigenvalue weighted by Gasteiger charge is -2.43. The van der Waals surface area contributed by atoms with E-state index < -0.39 is 5.41 Å². The Labute approximate surface area is 115 Å². The Bertz CT molecular complexity index is 506. The molecule has 7 heteroatoms. The van der Waals surface area contributed by atoms with Crippen LogP contribution in [0.5, 0.6) is 0 Å². The Morgan fingerprint density at radius 1 is 1.74 bits per heavy atom. The van der Waals surface area contributed by atoms with Gasteiger partial charge in [-0.3, -0.25) is 4.79 Å². The first-order valence-electron chi connectivity index (χ1n) is 6.15. The molecule has 0 atom stereocenters. The molecule has 1 aromatic heterocycles. The minimum Gasteiger partial charge on any atom is -0.409 e. The fourth-order valence-corrected chi connectivity index (χ4v) is 3.18. The van der Waals surface area contributed by atoms with E-state index in [0.29, 0.717) is 25.3 Å². The van der Waals surface area contributed by atoms with E-state index in [-0.39, 0.29) is 11.7 Å².